The molecular formula is C25H34F3N3O. The molecule has 1 saturated heterocycles. The van der Waals surface area contributed by atoms with Gasteiger partial charge in [-0.15, -0.1) is 0 Å². The van der Waals surface area contributed by atoms with Crippen molar-refractivity contribution in [3.63, 3.8) is 0 Å². The number of piperidine rings is 1. The van der Waals surface area contributed by atoms with Gasteiger partial charge in [-0.05, 0) is 68.1 Å². The maximum Gasteiger partial charge on any atom is 0.416 e. The van der Waals surface area contributed by atoms with E-state index in [1.54, 1.807) is 10.5 Å². The molecule has 7 heteroatoms. The lowest BCUT2D eigenvalue weighted by atomic mass is 9.49. The van der Waals surface area contributed by atoms with Gasteiger partial charge in [0.25, 0.3) is 0 Å². The summed E-state index contributed by atoms with van der Waals surface area (Å²) in [5, 5.41) is 2.66. The molecule has 1 aliphatic heterocycles. The Morgan fingerprint density at radius 3 is 2.56 bits per heavy atom. The number of rotatable bonds is 5. The van der Waals surface area contributed by atoms with Gasteiger partial charge >= 0.3 is 12.2 Å². The second-order valence-corrected chi connectivity index (χ2v) is 10.1. The van der Waals surface area contributed by atoms with Gasteiger partial charge < -0.3 is 10.2 Å². The molecule has 176 valence electrons. The number of carbonyl (C=O) groups excluding carboxylic acids is 1. The lowest BCUT2D eigenvalue weighted by molar-refractivity contribution is -0.137. The molecule has 3 aliphatic carbocycles. The average molecular weight is 450 g/mol. The molecule has 5 rings (SSSR count). The van der Waals surface area contributed by atoms with E-state index in [4.69, 9.17) is 0 Å². The number of hydrogen-bond acceptors (Lipinski definition) is 2. The molecule has 1 heterocycles. The van der Waals surface area contributed by atoms with Gasteiger partial charge in [0.15, 0.2) is 0 Å². The van der Waals surface area contributed by atoms with Crippen LogP contribution in [0.15, 0.2) is 35.9 Å². The monoisotopic (exact) mass is 449 g/mol. The summed E-state index contributed by atoms with van der Waals surface area (Å²) in [6.07, 6.45) is 2.32. The number of allylic oxidation sites excluding steroid dienone is 1. The third kappa shape index (κ3) is 4.54. The van der Waals surface area contributed by atoms with E-state index in [1.807, 2.05) is 6.92 Å². The minimum Gasteiger partial charge on any atom is -0.322 e. The van der Waals surface area contributed by atoms with Crippen molar-refractivity contribution in [3.8, 4) is 0 Å². The van der Waals surface area contributed by atoms with Gasteiger partial charge in [0, 0.05) is 37.9 Å². The number of alkyl halides is 3. The van der Waals surface area contributed by atoms with Crippen molar-refractivity contribution in [2.45, 2.75) is 58.7 Å². The molecular weight excluding hydrogens is 415 g/mol. The van der Waals surface area contributed by atoms with Crippen molar-refractivity contribution in [3.05, 3.63) is 41.5 Å². The van der Waals surface area contributed by atoms with E-state index in [0.717, 1.165) is 50.5 Å². The highest BCUT2D eigenvalue weighted by Crippen LogP contribution is 2.59. The van der Waals surface area contributed by atoms with Crippen molar-refractivity contribution in [1.82, 2.24) is 9.80 Å². The Balaban J connectivity index is 1.31. The van der Waals surface area contributed by atoms with Gasteiger partial charge in [-0.1, -0.05) is 31.6 Å². The van der Waals surface area contributed by atoms with Gasteiger partial charge in [0.05, 0.1) is 5.56 Å². The zero-order valence-corrected chi connectivity index (χ0v) is 19.2. The van der Waals surface area contributed by atoms with Gasteiger partial charge in [-0.25, -0.2) is 4.79 Å². The molecule has 2 atom stereocenters. The number of nitrogens with zero attached hydrogens (tertiary/aromatic N) is 2. The van der Waals surface area contributed by atoms with Crippen LogP contribution >= 0.6 is 0 Å². The quantitative estimate of drug-likeness (QED) is 0.558. The lowest BCUT2D eigenvalue weighted by Gasteiger charge is -2.57. The fraction of sp³-hybridized carbons (Fsp3) is 0.640. The highest BCUT2D eigenvalue weighted by Gasteiger charge is 2.51. The molecule has 0 aromatic heterocycles. The topological polar surface area (TPSA) is 35.6 Å². The van der Waals surface area contributed by atoms with Crippen LogP contribution in [0, 0.1) is 17.3 Å². The summed E-state index contributed by atoms with van der Waals surface area (Å²) in [7, 11) is 0. The van der Waals surface area contributed by atoms with E-state index in [9.17, 15) is 18.0 Å². The smallest absolute Gasteiger partial charge is 0.322 e. The summed E-state index contributed by atoms with van der Waals surface area (Å²) in [4.78, 5) is 17.1. The van der Waals surface area contributed by atoms with E-state index < -0.39 is 11.7 Å². The van der Waals surface area contributed by atoms with E-state index in [-0.39, 0.29) is 17.8 Å². The van der Waals surface area contributed by atoms with Crippen LogP contribution in [0.1, 0.15) is 52.0 Å². The minimum atomic E-state index is -4.43. The van der Waals surface area contributed by atoms with E-state index in [0.29, 0.717) is 17.9 Å². The number of hydrogen-bond donors (Lipinski definition) is 1. The Labute approximate surface area is 188 Å². The number of urea groups is 1. The number of nitrogens with one attached hydrogen (secondary N) is 1. The van der Waals surface area contributed by atoms with Crippen LogP contribution < -0.4 is 5.32 Å². The zero-order chi connectivity index (χ0) is 23.1. The number of likely N-dealkylation sites (tertiary alicyclic amines) is 1. The molecule has 0 radical (unpaired) electrons. The van der Waals surface area contributed by atoms with Crippen LogP contribution in [0.5, 0.6) is 0 Å². The maximum absolute atomic E-state index is 13.0. The Bertz CT molecular complexity index is 871. The second-order valence-electron chi connectivity index (χ2n) is 10.1. The maximum atomic E-state index is 13.0. The van der Waals surface area contributed by atoms with E-state index in [1.165, 1.54) is 25.0 Å². The highest BCUT2D eigenvalue weighted by molar-refractivity contribution is 5.89. The first-order chi connectivity index (χ1) is 15.1. The van der Waals surface area contributed by atoms with Gasteiger partial charge in [-0.3, -0.25) is 4.90 Å². The molecule has 1 aromatic rings. The van der Waals surface area contributed by atoms with Crippen molar-refractivity contribution in [1.29, 1.82) is 0 Å². The first-order valence-corrected chi connectivity index (χ1v) is 11.8. The summed E-state index contributed by atoms with van der Waals surface area (Å²) >= 11 is 0. The standard InChI is InChI=1S/C25H34F3N3O/c1-4-31(23(32)29-20-7-5-6-19(14-20)25(26,27)28)21-10-12-30(13-11-21)16-17-8-9-18-15-22(17)24(18,2)3/h5-8,14,18,21-22H,4,9-13,15-16H2,1-3H3,(H,29,32). The predicted molar refractivity (Wildman–Crippen MR) is 120 cm³/mol. The van der Waals surface area contributed by atoms with Crippen LogP contribution in [0.4, 0.5) is 23.7 Å². The van der Waals surface area contributed by atoms with Crippen LogP contribution in [0.25, 0.3) is 0 Å². The third-order valence-electron chi connectivity index (χ3n) is 8.03. The molecule has 1 saturated carbocycles. The predicted octanol–water partition coefficient (Wildman–Crippen LogP) is 6.02. The summed E-state index contributed by atoms with van der Waals surface area (Å²) in [5.74, 6) is 1.56. The van der Waals surface area contributed by atoms with Crippen molar-refractivity contribution < 1.29 is 18.0 Å². The first kappa shape index (κ1) is 23.1. The summed E-state index contributed by atoms with van der Waals surface area (Å²) < 4.78 is 38.9. The van der Waals surface area contributed by atoms with E-state index >= 15 is 0 Å². The summed E-state index contributed by atoms with van der Waals surface area (Å²) in [5.41, 5.74) is 1.43. The van der Waals surface area contributed by atoms with Crippen molar-refractivity contribution in [2.75, 3.05) is 31.5 Å². The van der Waals surface area contributed by atoms with Crippen LogP contribution in [-0.2, 0) is 6.18 Å². The molecule has 4 nitrogen and oxygen atoms in total. The second kappa shape index (κ2) is 8.73. The van der Waals surface area contributed by atoms with Gasteiger partial charge in [0.1, 0.15) is 0 Å². The number of amides is 2. The molecule has 4 aliphatic rings. The molecule has 32 heavy (non-hydrogen) atoms. The molecule has 0 spiro atoms. The van der Waals surface area contributed by atoms with Crippen LogP contribution in [-0.4, -0.2) is 48.1 Å². The third-order valence-corrected chi connectivity index (χ3v) is 8.03. The normalized spacial score (nSPS) is 25.6. The number of fused-ring (bicyclic) bond motifs is 1. The first-order valence-electron chi connectivity index (χ1n) is 11.8. The SMILES string of the molecule is CCN(C(=O)Nc1cccc(C(F)(F)F)c1)C1CCN(CC2=CCC3CC2C3(C)C)CC1. The highest BCUT2D eigenvalue weighted by atomic mass is 19.4. The summed E-state index contributed by atoms with van der Waals surface area (Å²) in [6.45, 7) is 10.1. The largest absolute Gasteiger partial charge is 0.416 e. The number of benzene rings is 1. The molecule has 2 amide bonds. The summed E-state index contributed by atoms with van der Waals surface area (Å²) in [6, 6.07) is 4.58. The fourth-order valence-electron chi connectivity index (χ4n) is 5.84. The number of halogens is 3. The van der Waals surface area contributed by atoms with Gasteiger partial charge in [0.2, 0.25) is 0 Å². The number of carbonyl (C=O) groups is 1. The van der Waals surface area contributed by atoms with E-state index in [2.05, 4.69) is 30.1 Å². The molecule has 2 unspecified atom stereocenters. The molecule has 1 N–H and O–H groups in total. The fourth-order valence-corrected chi connectivity index (χ4v) is 5.84. The van der Waals surface area contributed by atoms with Crippen LogP contribution in [0.3, 0.4) is 0 Å². The minimum absolute atomic E-state index is 0.104. The zero-order valence-electron chi connectivity index (χ0n) is 19.2. The Morgan fingerprint density at radius 2 is 1.97 bits per heavy atom. The van der Waals surface area contributed by atoms with Crippen molar-refractivity contribution in [2.24, 2.45) is 17.3 Å². The van der Waals surface area contributed by atoms with Crippen molar-refractivity contribution >= 4 is 11.7 Å². The lowest BCUT2D eigenvalue weighted by Crippen LogP contribution is -2.52. The van der Waals surface area contributed by atoms with Gasteiger partial charge in [-0.2, -0.15) is 13.2 Å². The Hall–Kier alpha value is -2.02. The average Bonchev–Trinajstić information content (AvgIpc) is 2.75. The van der Waals surface area contributed by atoms with Crippen LogP contribution in [0.2, 0.25) is 0 Å². The number of anilines is 1. The molecule has 2 fully saturated rings. The molecule has 1 aromatic carbocycles. The Morgan fingerprint density at radius 1 is 1.25 bits per heavy atom. The Kier molecular flexibility index (Phi) is 6.31. The molecule has 2 bridgehead atoms.